The topological polar surface area (TPSA) is 81.5 Å². The van der Waals surface area contributed by atoms with Crippen LogP contribution in [0, 0.1) is 13.8 Å². The number of fused-ring (bicyclic) bond motifs is 1. The summed E-state index contributed by atoms with van der Waals surface area (Å²) in [5.41, 5.74) is 1.68. The Morgan fingerprint density at radius 1 is 1.10 bits per heavy atom. The van der Waals surface area contributed by atoms with Crippen LogP contribution in [0.25, 0.3) is 10.8 Å². The summed E-state index contributed by atoms with van der Waals surface area (Å²) in [5, 5.41) is 6.08. The number of sulfonamides is 1. The van der Waals surface area contributed by atoms with E-state index >= 15 is 0 Å². The van der Waals surface area contributed by atoms with Gasteiger partial charge in [0.2, 0.25) is 10.0 Å². The summed E-state index contributed by atoms with van der Waals surface area (Å²) >= 11 is 0. The number of aldehydes is 1. The Kier molecular flexibility index (Phi) is 5.38. The monoisotopic (exact) mass is 427 g/mol. The first-order valence-electron chi connectivity index (χ1n) is 9.97. The fourth-order valence-electron chi connectivity index (χ4n) is 4.13. The van der Waals surface area contributed by atoms with Gasteiger partial charge in [-0.05, 0) is 43.5 Å². The summed E-state index contributed by atoms with van der Waals surface area (Å²) in [6.07, 6.45) is 1.80. The maximum absolute atomic E-state index is 13.1. The maximum atomic E-state index is 13.1. The molecule has 0 radical (unpaired) electrons. The number of piperidine rings is 1. The number of aryl methyl sites for hydroxylation is 2. The van der Waals surface area contributed by atoms with Gasteiger partial charge in [-0.3, -0.25) is 9.48 Å². The molecule has 3 aromatic rings. The van der Waals surface area contributed by atoms with E-state index in [2.05, 4.69) is 5.10 Å². The van der Waals surface area contributed by atoms with Gasteiger partial charge in [-0.25, -0.2) is 8.42 Å². The number of nitrogens with zero attached hydrogens (tertiary/aromatic N) is 3. The van der Waals surface area contributed by atoms with E-state index in [1.807, 2.05) is 36.4 Å². The molecular formula is C22H25N3O4S. The highest BCUT2D eigenvalue weighted by Gasteiger charge is 2.34. The van der Waals surface area contributed by atoms with E-state index in [-0.39, 0.29) is 6.10 Å². The zero-order chi connectivity index (χ0) is 21.5. The van der Waals surface area contributed by atoms with Crippen molar-refractivity contribution in [1.82, 2.24) is 14.1 Å². The van der Waals surface area contributed by atoms with Crippen molar-refractivity contribution in [3.8, 4) is 5.75 Å². The molecule has 1 fully saturated rings. The number of hydrogen-bond donors (Lipinski definition) is 0. The SMILES string of the molecule is Cc1nn(C)c(C)c1S(=O)(=O)N1CCC(Oc2ccc3ccccc3c2C=O)CC1. The lowest BCUT2D eigenvalue weighted by atomic mass is 10.0. The van der Waals surface area contributed by atoms with Crippen molar-refractivity contribution >= 4 is 27.1 Å². The molecule has 2 aromatic carbocycles. The van der Waals surface area contributed by atoms with Crippen molar-refractivity contribution in [1.29, 1.82) is 0 Å². The summed E-state index contributed by atoms with van der Waals surface area (Å²) in [6, 6.07) is 11.4. The van der Waals surface area contributed by atoms with E-state index in [0.29, 0.717) is 53.5 Å². The smallest absolute Gasteiger partial charge is 0.246 e. The first-order valence-corrected chi connectivity index (χ1v) is 11.4. The van der Waals surface area contributed by atoms with Crippen LogP contribution in [0.2, 0.25) is 0 Å². The molecule has 0 bridgehead atoms. The van der Waals surface area contributed by atoms with Crippen molar-refractivity contribution in [2.75, 3.05) is 13.1 Å². The quantitative estimate of drug-likeness (QED) is 0.584. The Morgan fingerprint density at radius 3 is 2.43 bits per heavy atom. The second-order valence-electron chi connectivity index (χ2n) is 7.66. The molecule has 4 rings (SSSR count). The number of carbonyl (C=O) groups excluding carboxylic acids is 1. The fourth-order valence-corrected chi connectivity index (χ4v) is 6.00. The molecule has 8 heteroatoms. The first kappa shape index (κ1) is 20.6. The molecule has 0 aliphatic carbocycles. The van der Waals surface area contributed by atoms with Crippen LogP contribution in [0.15, 0.2) is 41.3 Å². The third-order valence-electron chi connectivity index (χ3n) is 5.78. The van der Waals surface area contributed by atoms with Gasteiger partial charge in [0.15, 0.2) is 6.29 Å². The molecule has 1 aliphatic heterocycles. The molecule has 158 valence electrons. The Balaban J connectivity index is 1.50. The number of carbonyl (C=O) groups is 1. The van der Waals surface area contributed by atoms with E-state index in [1.54, 1.807) is 25.6 Å². The standard InChI is InChI=1S/C22H25N3O4S/c1-15-22(16(2)24(3)23-15)30(27,28)25-12-10-18(11-13-25)29-21-9-8-17-6-4-5-7-19(17)20(21)14-26/h4-9,14,18H,10-13H2,1-3H3. The van der Waals surface area contributed by atoms with E-state index in [9.17, 15) is 13.2 Å². The van der Waals surface area contributed by atoms with Gasteiger partial charge in [-0.1, -0.05) is 30.3 Å². The van der Waals surface area contributed by atoms with Crippen LogP contribution in [0.1, 0.15) is 34.6 Å². The van der Waals surface area contributed by atoms with Gasteiger partial charge < -0.3 is 4.74 Å². The third-order valence-corrected chi connectivity index (χ3v) is 7.94. The maximum Gasteiger partial charge on any atom is 0.246 e. The van der Waals surface area contributed by atoms with Crippen LogP contribution in [0.3, 0.4) is 0 Å². The Hall–Kier alpha value is -2.71. The number of ether oxygens (including phenoxy) is 1. The van der Waals surface area contributed by atoms with Crippen LogP contribution < -0.4 is 4.74 Å². The number of aromatic nitrogens is 2. The molecule has 0 unspecified atom stereocenters. The Morgan fingerprint density at radius 2 is 1.80 bits per heavy atom. The van der Waals surface area contributed by atoms with E-state index in [0.717, 1.165) is 17.1 Å². The summed E-state index contributed by atoms with van der Waals surface area (Å²) in [5.74, 6) is 0.545. The van der Waals surface area contributed by atoms with Gasteiger partial charge in [-0.2, -0.15) is 9.40 Å². The molecule has 0 spiro atoms. The van der Waals surface area contributed by atoms with Crippen LogP contribution in [-0.2, 0) is 17.1 Å². The minimum absolute atomic E-state index is 0.146. The minimum atomic E-state index is -3.60. The fraction of sp³-hybridized carbons (Fsp3) is 0.364. The lowest BCUT2D eigenvalue weighted by molar-refractivity contribution is 0.110. The Bertz CT molecular complexity index is 1210. The van der Waals surface area contributed by atoms with Crippen molar-refractivity contribution in [3.05, 3.63) is 53.3 Å². The summed E-state index contributed by atoms with van der Waals surface area (Å²) in [6.45, 7) is 4.22. The van der Waals surface area contributed by atoms with Gasteiger partial charge in [0.25, 0.3) is 0 Å². The number of hydrogen-bond acceptors (Lipinski definition) is 5. The predicted molar refractivity (Wildman–Crippen MR) is 114 cm³/mol. The molecule has 0 atom stereocenters. The zero-order valence-electron chi connectivity index (χ0n) is 17.3. The van der Waals surface area contributed by atoms with Crippen molar-refractivity contribution in [3.63, 3.8) is 0 Å². The molecule has 1 aromatic heterocycles. The van der Waals surface area contributed by atoms with Crippen molar-refractivity contribution in [2.24, 2.45) is 7.05 Å². The average Bonchev–Trinajstić information content (AvgIpc) is 3.00. The molecule has 0 amide bonds. The number of benzene rings is 2. The van der Waals surface area contributed by atoms with Crippen molar-refractivity contribution in [2.45, 2.75) is 37.7 Å². The molecule has 30 heavy (non-hydrogen) atoms. The van der Waals surface area contributed by atoms with Crippen LogP contribution >= 0.6 is 0 Å². The number of rotatable bonds is 5. The lowest BCUT2D eigenvalue weighted by Crippen LogP contribution is -2.42. The van der Waals surface area contributed by atoms with Crippen molar-refractivity contribution < 1.29 is 17.9 Å². The minimum Gasteiger partial charge on any atom is -0.490 e. The van der Waals surface area contributed by atoms with Gasteiger partial charge in [0, 0.05) is 20.1 Å². The van der Waals surface area contributed by atoms with Gasteiger partial charge in [0.1, 0.15) is 16.7 Å². The van der Waals surface area contributed by atoms with E-state index in [1.165, 1.54) is 4.31 Å². The average molecular weight is 428 g/mol. The lowest BCUT2D eigenvalue weighted by Gasteiger charge is -2.31. The first-order chi connectivity index (χ1) is 14.3. The highest BCUT2D eigenvalue weighted by Crippen LogP contribution is 2.30. The largest absolute Gasteiger partial charge is 0.490 e. The predicted octanol–water partition coefficient (Wildman–Crippen LogP) is 3.23. The molecule has 2 heterocycles. The van der Waals surface area contributed by atoms with Gasteiger partial charge in [-0.15, -0.1) is 0 Å². The Labute approximate surface area is 176 Å². The van der Waals surface area contributed by atoms with Gasteiger partial charge >= 0.3 is 0 Å². The second-order valence-corrected chi connectivity index (χ2v) is 9.54. The third kappa shape index (κ3) is 3.50. The molecular weight excluding hydrogens is 402 g/mol. The van der Waals surface area contributed by atoms with Crippen LogP contribution in [0.4, 0.5) is 0 Å². The molecule has 1 saturated heterocycles. The summed E-state index contributed by atoms with van der Waals surface area (Å²) in [7, 11) is -1.86. The zero-order valence-corrected chi connectivity index (χ0v) is 18.1. The van der Waals surface area contributed by atoms with Crippen LogP contribution in [0.5, 0.6) is 5.75 Å². The molecule has 0 saturated carbocycles. The molecule has 7 nitrogen and oxygen atoms in total. The van der Waals surface area contributed by atoms with E-state index < -0.39 is 10.0 Å². The summed E-state index contributed by atoms with van der Waals surface area (Å²) in [4.78, 5) is 12.0. The molecule has 0 N–H and O–H groups in total. The molecule has 1 aliphatic rings. The highest BCUT2D eigenvalue weighted by atomic mass is 32.2. The summed E-state index contributed by atoms with van der Waals surface area (Å²) < 4.78 is 35.5. The normalized spacial score (nSPS) is 16.1. The highest BCUT2D eigenvalue weighted by molar-refractivity contribution is 7.89. The van der Waals surface area contributed by atoms with Gasteiger partial charge in [0.05, 0.1) is 17.0 Å². The van der Waals surface area contributed by atoms with Crippen LogP contribution in [-0.4, -0.2) is 48.0 Å². The second kappa shape index (κ2) is 7.85. The van der Waals surface area contributed by atoms with E-state index in [4.69, 9.17) is 4.74 Å².